The summed E-state index contributed by atoms with van der Waals surface area (Å²) in [5.41, 5.74) is 1.86. The third-order valence-electron chi connectivity index (χ3n) is 3.64. The summed E-state index contributed by atoms with van der Waals surface area (Å²) < 4.78 is 30.4. The van der Waals surface area contributed by atoms with Crippen molar-refractivity contribution in [2.24, 2.45) is 0 Å². The van der Waals surface area contributed by atoms with Crippen molar-refractivity contribution in [3.63, 3.8) is 0 Å². The van der Waals surface area contributed by atoms with Crippen LogP contribution in [0.25, 0.3) is 0 Å². The SMILES string of the molecule is COc1ccc(NC(=O)CC(C)c2ccccc2)cc1NS(C)(=O)=O. The highest BCUT2D eigenvalue weighted by molar-refractivity contribution is 7.92. The van der Waals surface area contributed by atoms with Crippen LogP contribution in [0.15, 0.2) is 48.5 Å². The summed E-state index contributed by atoms with van der Waals surface area (Å²) in [6, 6.07) is 14.6. The molecule has 0 heterocycles. The predicted molar refractivity (Wildman–Crippen MR) is 99.6 cm³/mol. The first-order chi connectivity index (χ1) is 11.8. The topological polar surface area (TPSA) is 84.5 Å². The zero-order valence-electron chi connectivity index (χ0n) is 14.4. The van der Waals surface area contributed by atoms with Gasteiger partial charge in [0.2, 0.25) is 15.9 Å². The number of ether oxygens (including phenoxy) is 1. The average Bonchev–Trinajstić information content (AvgIpc) is 2.54. The highest BCUT2D eigenvalue weighted by atomic mass is 32.2. The van der Waals surface area contributed by atoms with Gasteiger partial charge in [-0.3, -0.25) is 9.52 Å². The summed E-state index contributed by atoms with van der Waals surface area (Å²) in [5, 5.41) is 2.79. The summed E-state index contributed by atoms with van der Waals surface area (Å²) in [4.78, 5) is 12.3. The number of hydrogen-bond donors (Lipinski definition) is 2. The number of carbonyl (C=O) groups excluding carboxylic acids is 1. The fraction of sp³-hybridized carbons (Fsp3) is 0.278. The first-order valence-corrected chi connectivity index (χ1v) is 9.68. The predicted octanol–water partition coefficient (Wildman–Crippen LogP) is 3.20. The lowest BCUT2D eigenvalue weighted by molar-refractivity contribution is -0.116. The maximum atomic E-state index is 12.3. The van der Waals surface area contributed by atoms with E-state index in [1.807, 2.05) is 37.3 Å². The van der Waals surface area contributed by atoms with Crippen LogP contribution in [-0.4, -0.2) is 27.7 Å². The molecule has 6 nitrogen and oxygen atoms in total. The molecular weight excluding hydrogens is 340 g/mol. The lowest BCUT2D eigenvalue weighted by Crippen LogP contribution is -2.15. The van der Waals surface area contributed by atoms with Gasteiger partial charge in [0.05, 0.1) is 19.1 Å². The summed E-state index contributed by atoms with van der Waals surface area (Å²) >= 11 is 0. The third kappa shape index (κ3) is 5.79. The number of hydrogen-bond acceptors (Lipinski definition) is 4. The van der Waals surface area contributed by atoms with E-state index in [4.69, 9.17) is 4.74 Å². The largest absolute Gasteiger partial charge is 0.495 e. The van der Waals surface area contributed by atoms with Crippen molar-refractivity contribution in [2.45, 2.75) is 19.3 Å². The molecule has 25 heavy (non-hydrogen) atoms. The minimum absolute atomic E-state index is 0.0769. The van der Waals surface area contributed by atoms with Crippen molar-refractivity contribution in [3.05, 3.63) is 54.1 Å². The number of carbonyl (C=O) groups is 1. The fourth-order valence-electron chi connectivity index (χ4n) is 2.45. The van der Waals surface area contributed by atoms with Crippen LogP contribution >= 0.6 is 0 Å². The first-order valence-electron chi connectivity index (χ1n) is 7.79. The van der Waals surface area contributed by atoms with E-state index in [2.05, 4.69) is 10.0 Å². The second-order valence-electron chi connectivity index (χ2n) is 5.85. The summed E-state index contributed by atoms with van der Waals surface area (Å²) in [7, 11) is -2.01. The van der Waals surface area contributed by atoms with Gasteiger partial charge in [-0.1, -0.05) is 37.3 Å². The minimum atomic E-state index is -3.45. The van der Waals surface area contributed by atoms with Gasteiger partial charge in [-0.05, 0) is 29.7 Å². The second kappa shape index (κ2) is 8.02. The van der Waals surface area contributed by atoms with Crippen molar-refractivity contribution in [1.82, 2.24) is 0 Å². The number of nitrogens with one attached hydrogen (secondary N) is 2. The standard InChI is InChI=1S/C18H22N2O4S/c1-13(14-7-5-4-6-8-14)11-18(21)19-15-9-10-17(24-2)16(12-15)20-25(3,22)23/h4-10,12-13,20H,11H2,1-3H3,(H,19,21). The number of amides is 1. The molecule has 0 fully saturated rings. The molecule has 0 aliphatic heterocycles. The van der Waals surface area contributed by atoms with Crippen LogP contribution in [0.4, 0.5) is 11.4 Å². The van der Waals surface area contributed by atoms with Gasteiger partial charge in [0, 0.05) is 12.1 Å². The first kappa shape index (κ1) is 18.8. The van der Waals surface area contributed by atoms with Gasteiger partial charge >= 0.3 is 0 Å². The van der Waals surface area contributed by atoms with E-state index >= 15 is 0 Å². The number of rotatable bonds is 7. The molecule has 1 atom stereocenters. The Morgan fingerprint density at radius 1 is 1.16 bits per heavy atom. The van der Waals surface area contributed by atoms with E-state index in [1.54, 1.807) is 12.1 Å². The van der Waals surface area contributed by atoms with Gasteiger partial charge in [0.15, 0.2) is 0 Å². The Balaban J connectivity index is 2.09. The molecule has 134 valence electrons. The molecule has 2 aromatic carbocycles. The van der Waals surface area contributed by atoms with E-state index in [9.17, 15) is 13.2 Å². The molecule has 2 aromatic rings. The van der Waals surface area contributed by atoms with E-state index in [0.717, 1.165) is 11.8 Å². The van der Waals surface area contributed by atoms with E-state index in [1.165, 1.54) is 13.2 Å². The average molecular weight is 362 g/mol. The van der Waals surface area contributed by atoms with Crippen LogP contribution in [0.1, 0.15) is 24.8 Å². The number of anilines is 2. The molecule has 0 aliphatic rings. The number of sulfonamides is 1. The zero-order chi connectivity index (χ0) is 18.4. The summed E-state index contributed by atoms with van der Waals surface area (Å²) in [6.07, 6.45) is 1.38. The maximum absolute atomic E-state index is 12.3. The van der Waals surface area contributed by atoms with Gasteiger partial charge < -0.3 is 10.1 Å². The van der Waals surface area contributed by atoms with Crippen LogP contribution in [0.5, 0.6) is 5.75 Å². The Hall–Kier alpha value is -2.54. The molecule has 0 saturated heterocycles. The Morgan fingerprint density at radius 2 is 1.84 bits per heavy atom. The molecule has 0 aliphatic carbocycles. The molecule has 0 radical (unpaired) electrons. The normalized spacial score (nSPS) is 12.3. The fourth-order valence-corrected chi connectivity index (χ4v) is 3.01. The molecule has 1 amide bonds. The third-order valence-corrected chi connectivity index (χ3v) is 4.23. The molecule has 0 spiro atoms. The molecule has 2 rings (SSSR count). The van der Waals surface area contributed by atoms with Crippen molar-refractivity contribution in [3.8, 4) is 5.75 Å². The smallest absolute Gasteiger partial charge is 0.229 e. The van der Waals surface area contributed by atoms with Gasteiger partial charge in [-0.25, -0.2) is 8.42 Å². The van der Waals surface area contributed by atoms with E-state index in [0.29, 0.717) is 17.9 Å². The van der Waals surface area contributed by atoms with Crippen molar-refractivity contribution < 1.29 is 17.9 Å². The Kier molecular flexibility index (Phi) is 6.03. The van der Waals surface area contributed by atoms with Crippen LogP contribution in [0.3, 0.4) is 0 Å². The Bertz CT molecular complexity index is 835. The Morgan fingerprint density at radius 3 is 2.44 bits per heavy atom. The molecule has 0 aromatic heterocycles. The van der Waals surface area contributed by atoms with Gasteiger partial charge in [0.25, 0.3) is 0 Å². The Labute approximate surface area is 148 Å². The zero-order valence-corrected chi connectivity index (χ0v) is 15.3. The van der Waals surface area contributed by atoms with E-state index < -0.39 is 10.0 Å². The minimum Gasteiger partial charge on any atom is -0.495 e. The van der Waals surface area contributed by atoms with E-state index in [-0.39, 0.29) is 17.5 Å². The molecule has 2 N–H and O–H groups in total. The van der Waals surface area contributed by atoms with Gasteiger partial charge in [0.1, 0.15) is 5.75 Å². The van der Waals surface area contributed by atoms with Crippen LogP contribution in [0.2, 0.25) is 0 Å². The van der Waals surface area contributed by atoms with Gasteiger partial charge in [-0.2, -0.15) is 0 Å². The van der Waals surface area contributed by atoms with Crippen molar-refractivity contribution >= 4 is 27.3 Å². The molecule has 0 saturated carbocycles. The highest BCUT2D eigenvalue weighted by Crippen LogP contribution is 2.29. The quantitative estimate of drug-likeness (QED) is 0.792. The molecule has 7 heteroatoms. The molecule has 0 bridgehead atoms. The number of benzene rings is 2. The molecular formula is C18H22N2O4S. The highest BCUT2D eigenvalue weighted by Gasteiger charge is 2.13. The second-order valence-corrected chi connectivity index (χ2v) is 7.60. The summed E-state index contributed by atoms with van der Waals surface area (Å²) in [6.45, 7) is 1.99. The van der Waals surface area contributed by atoms with Gasteiger partial charge in [-0.15, -0.1) is 0 Å². The molecule has 1 unspecified atom stereocenters. The van der Waals surface area contributed by atoms with Crippen molar-refractivity contribution in [1.29, 1.82) is 0 Å². The van der Waals surface area contributed by atoms with Crippen LogP contribution in [-0.2, 0) is 14.8 Å². The lowest BCUT2D eigenvalue weighted by atomic mass is 9.97. The maximum Gasteiger partial charge on any atom is 0.229 e. The summed E-state index contributed by atoms with van der Waals surface area (Å²) in [5.74, 6) is 0.306. The lowest BCUT2D eigenvalue weighted by Gasteiger charge is -2.14. The van der Waals surface area contributed by atoms with Crippen molar-refractivity contribution in [2.75, 3.05) is 23.4 Å². The monoisotopic (exact) mass is 362 g/mol. The number of methoxy groups -OCH3 is 1. The van der Waals surface area contributed by atoms with Crippen LogP contribution in [0, 0.1) is 0 Å². The van der Waals surface area contributed by atoms with Crippen LogP contribution < -0.4 is 14.8 Å².